The van der Waals surface area contributed by atoms with Crippen LogP contribution in [0.15, 0.2) is 36.5 Å². The summed E-state index contributed by atoms with van der Waals surface area (Å²) in [6, 6.07) is 9.24. The van der Waals surface area contributed by atoms with Gasteiger partial charge in [0.05, 0.1) is 16.7 Å². The van der Waals surface area contributed by atoms with Crippen molar-refractivity contribution in [3.05, 3.63) is 61.4 Å². The Kier molecular flexibility index (Phi) is 6.43. The molecule has 0 saturated carbocycles. The first kappa shape index (κ1) is 17.5. The summed E-state index contributed by atoms with van der Waals surface area (Å²) in [5.74, 6) is -0.393. The van der Waals surface area contributed by atoms with Crippen LogP contribution in [-0.4, -0.2) is 28.6 Å². The van der Waals surface area contributed by atoms with E-state index in [1.54, 1.807) is 0 Å². The Balaban J connectivity index is 1.90. The molecule has 7 heteroatoms. The third-order valence-electron chi connectivity index (χ3n) is 2.95. The molecule has 1 aromatic heterocycles. The van der Waals surface area contributed by atoms with E-state index in [2.05, 4.69) is 32.9 Å². The average Bonchev–Trinajstić information content (AvgIpc) is 2.49. The average molecular weight is 451 g/mol. The Morgan fingerprint density at radius 2 is 2.00 bits per heavy atom. The molecule has 1 atom stereocenters. The van der Waals surface area contributed by atoms with Gasteiger partial charge < -0.3 is 10.4 Å². The minimum atomic E-state index is -0.680. The highest BCUT2D eigenvalue weighted by Gasteiger charge is 2.13. The fourth-order valence-electron chi connectivity index (χ4n) is 1.86. The summed E-state index contributed by atoms with van der Waals surface area (Å²) < 4.78 is 1.13. The molecule has 2 rings (SSSR count). The molecule has 116 valence electrons. The van der Waals surface area contributed by atoms with Crippen LogP contribution in [0.25, 0.3) is 0 Å². The first-order valence-electron chi connectivity index (χ1n) is 6.47. The van der Waals surface area contributed by atoms with Gasteiger partial charge in [0, 0.05) is 22.7 Å². The first-order valence-corrected chi connectivity index (χ1v) is 8.31. The second-order valence-electron chi connectivity index (χ2n) is 4.68. The van der Waals surface area contributed by atoms with E-state index in [9.17, 15) is 9.90 Å². The number of hydrogen-bond donors (Lipinski definition) is 2. The number of pyridine rings is 1. The van der Waals surface area contributed by atoms with Crippen molar-refractivity contribution in [1.82, 2.24) is 10.3 Å². The molecule has 4 nitrogen and oxygen atoms in total. The van der Waals surface area contributed by atoms with Crippen LogP contribution in [0.2, 0.25) is 10.2 Å². The molecule has 0 spiro atoms. The zero-order valence-corrected chi connectivity index (χ0v) is 15.1. The lowest BCUT2D eigenvalue weighted by atomic mass is 10.1. The highest BCUT2D eigenvalue weighted by Crippen LogP contribution is 2.17. The van der Waals surface area contributed by atoms with Gasteiger partial charge in [-0.25, -0.2) is 4.98 Å². The lowest BCUT2D eigenvalue weighted by Crippen LogP contribution is -2.33. The number of nitrogens with one attached hydrogen (secondary N) is 1. The number of carbonyl (C=O) groups excluding carboxylic acids is 1. The standard InChI is InChI=1S/C15H13Cl2IN2O2/c16-13-8-19-14(17)6-12(13)15(22)20-7-11(21)5-9-1-3-10(18)4-2-9/h1-4,6,8,11,21H,5,7H2,(H,20,22). The number of aliphatic hydroxyl groups is 1. The molecule has 0 aliphatic heterocycles. The number of hydrogen-bond acceptors (Lipinski definition) is 3. The second-order valence-corrected chi connectivity index (χ2v) is 6.72. The number of aromatic nitrogens is 1. The van der Waals surface area contributed by atoms with Crippen LogP contribution in [-0.2, 0) is 6.42 Å². The fourth-order valence-corrected chi connectivity index (χ4v) is 2.56. The summed E-state index contributed by atoms with van der Waals surface area (Å²) in [6.07, 6.45) is 1.10. The molecule has 2 N–H and O–H groups in total. The Labute approximate surface area is 152 Å². The van der Waals surface area contributed by atoms with E-state index in [0.29, 0.717) is 6.42 Å². The number of halogens is 3. The topological polar surface area (TPSA) is 62.2 Å². The van der Waals surface area contributed by atoms with E-state index >= 15 is 0 Å². The van der Waals surface area contributed by atoms with Gasteiger partial charge in [-0.3, -0.25) is 4.79 Å². The Morgan fingerprint density at radius 1 is 1.32 bits per heavy atom. The Bertz CT molecular complexity index is 665. The molecule has 0 fully saturated rings. The largest absolute Gasteiger partial charge is 0.391 e. The van der Waals surface area contributed by atoms with Gasteiger partial charge in [0.2, 0.25) is 0 Å². The van der Waals surface area contributed by atoms with Crippen LogP contribution < -0.4 is 5.32 Å². The van der Waals surface area contributed by atoms with Crippen molar-refractivity contribution in [2.45, 2.75) is 12.5 Å². The minimum Gasteiger partial charge on any atom is -0.391 e. The maximum absolute atomic E-state index is 12.0. The molecule has 0 aliphatic rings. The van der Waals surface area contributed by atoms with E-state index in [1.807, 2.05) is 24.3 Å². The van der Waals surface area contributed by atoms with Crippen molar-refractivity contribution >= 4 is 51.7 Å². The van der Waals surface area contributed by atoms with Crippen LogP contribution in [0.4, 0.5) is 0 Å². The van der Waals surface area contributed by atoms with Crippen LogP contribution in [0.5, 0.6) is 0 Å². The van der Waals surface area contributed by atoms with Gasteiger partial charge in [0.15, 0.2) is 0 Å². The fraction of sp³-hybridized carbons (Fsp3) is 0.200. The van der Waals surface area contributed by atoms with Gasteiger partial charge in [-0.1, -0.05) is 35.3 Å². The molecule has 22 heavy (non-hydrogen) atoms. The molecule has 0 saturated heterocycles. The lowest BCUT2D eigenvalue weighted by molar-refractivity contribution is 0.0916. The van der Waals surface area contributed by atoms with Crippen LogP contribution in [0, 0.1) is 3.57 Å². The molecular formula is C15H13Cl2IN2O2. The van der Waals surface area contributed by atoms with Gasteiger partial charge in [0.25, 0.3) is 5.91 Å². The molecule has 0 bridgehead atoms. The van der Waals surface area contributed by atoms with Crippen LogP contribution in [0.3, 0.4) is 0 Å². The van der Waals surface area contributed by atoms with E-state index in [4.69, 9.17) is 23.2 Å². The van der Waals surface area contributed by atoms with Crippen molar-refractivity contribution < 1.29 is 9.90 Å². The molecule has 2 aromatic rings. The third kappa shape index (κ3) is 5.08. The zero-order valence-electron chi connectivity index (χ0n) is 11.4. The highest BCUT2D eigenvalue weighted by atomic mass is 127. The predicted molar refractivity (Wildman–Crippen MR) is 95.5 cm³/mol. The van der Waals surface area contributed by atoms with Gasteiger partial charge in [0.1, 0.15) is 5.15 Å². The summed E-state index contributed by atoms with van der Waals surface area (Å²) in [5.41, 5.74) is 1.25. The number of rotatable bonds is 5. The summed E-state index contributed by atoms with van der Waals surface area (Å²) >= 11 is 13.9. The monoisotopic (exact) mass is 450 g/mol. The number of amides is 1. The molecular weight excluding hydrogens is 438 g/mol. The van der Waals surface area contributed by atoms with Crippen molar-refractivity contribution in [1.29, 1.82) is 0 Å². The van der Waals surface area contributed by atoms with Gasteiger partial charge >= 0.3 is 0 Å². The second kappa shape index (κ2) is 8.10. The normalized spacial score (nSPS) is 12.0. The predicted octanol–water partition coefficient (Wildman–Crippen LogP) is 3.33. The number of nitrogens with zero attached hydrogens (tertiary/aromatic N) is 1. The van der Waals surface area contributed by atoms with Crippen molar-refractivity contribution in [2.75, 3.05) is 6.54 Å². The quantitative estimate of drug-likeness (QED) is 0.542. The smallest absolute Gasteiger partial charge is 0.253 e. The lowest BCUT2D eigenvalue weighted by Gasteiger charge is -2.12. The highest BCUT2D eigenvalue weighted by molar-refractivity contribution is 14.1. The van der Waals surface area contributed by atoms with E-state index < -0.39 is 12.0 Å². The minimum absolute atomic E-state index is 0.126. The molecule has 0 aliphatic carbocycles. The van der Waals surface area contributed by atoms with Crippen LogP contribution in [0.1, 0.15) is 15.9 Å². The van der Waals surface area contributed by atoms with Gasteiger partial charge in [-0.15, -0.1) is 0 Å². The van der Waals surface area contributed by atoms with E-state index in [-0.39, 0.29) is 22.3 Å². The van der Waals surface area contributed by atoms with Crippen molar-refractivity contribution in [3.63, 3.8) is 0 Å². The SMILES string of the molecule is O=C(NCC(O)Cc1ccc(I)cc1)c1cc(Cl)ncc1Cl. The summed E-state index contributed by atoms with van der Waals surface area (Å²) in [5, 5.41) is 13.0. The molecule has 1 heterocycles. The summed E-state index contributed by atoms with van der Waals surface area (Å²) in [6.45, 7) is 0.126. The van der Waals surface area contributed by atoms with Crippen LogP contribution >= 0.6 is 45.8 Å². The maximum Gasteiger partial charge on any atom is 0.253 e. The number of benzene rings is 1. The van der Waals surface area contributed by atoms with Crippen molar-refractivity contribution in [3.8, 4) is 0 Å². The van der Waals surface area contributed by atoms with E-state index in [0.717, 1.165) is 9.13 Å². The Morgan fingerprint density at radius 3 is 2.68 bits per heavy atom. The van der Waals surface area contributed by atoms with Crippen molar-refractivity contribution in [2.24, 2.45) is 0 Å². The molecule has 0 radical (unpaired) electrons. The maximum atomic E-state index is 12.0. The van der Waals surface area contributed by atoms with E-state index in [1.165, 1.54) is 12.3 Å². The molecule has 1 unspecified atom stereocenters. The molecule has 1 amide bonds. The number of aliphatic hydroxyl groups excluding tert-OH is 1. The Hall–Kier alpha value is -0.890. The van der Waals surface area contributed by atoms with Gasteiger partial charge in [-0.2, -0.15) is 0 Å². The third-order valence-corrected chi connectivity index (χ3v) is 4.18. The zero-order chi connectivity index (χ0) is 16.1. The summed E-state index contributed by atoms with van der Waals surface area (Å²) in [7, 11) is 0. The first-order chi connectivity index (χ1) is 10.5. The van der Waals surface area contributed by atoms with Gasteiger partial charge in [-0.05, 0) is 46.4 Å². The molecule has 1 aromatic carbocycles. The summed E-state index contributed by atoms with van der Waals surface area (Å²) in [4.78, 5) is 15.8. The number of carbonyl (C=O) groups is 1.